The molecule has 3 rings (SSSR count). The molecule has 0 saturated heterocycles. The Bertz CT molecular complexity index is 916. The monoisotopic (exact) mass is 430 g/mol. The van der Waals surface area contributed by atoms with Gasteiger partial charge in [-0.25, -0.2) is 17.6 Å². The number of benzene rings is 1. The minimum absolute atomic E-state index is 0.0604. The number of carbonyl (C=O) groups is 1. The lowest BCUT2D eigenvalue weighted by Crippen LogP contribution is -2.51. The summed E-state index contributed by atoms with van der Waals surface area (Å²) >= 11 is 0. The quantitative estimate of drug-likeness (QED) is 0.646. The van der Waals surface area contributed by atoms with E-state index in [1.165, 1.54) is 6.07 Å². The summed E-state index contributed by atoms with van der Waals surface area (Å²) in [4.78, 5) is 12.5. The van der Waals surface area contributed by atoms with Crippen molar-refractivity contribution >= 4 is 11.6 Å². The Balaban J connectivity index is 1.69. The molecule has 2 aromatic rings. The zero-order valence-corrected chi connectivity index (χ0v) is 15.7. The molecule has 0 aliphatic carbocycles. The maximum Gasteiger partial charge on any atom is 0.312 e. The van der Waals surface area contributed by atoms with Gasteiger partial charge in [0.15, 0.2) is 5.76 Å². The van der Waals surface area contributed by atoms with Crippen molar-refractivity contribution in [2.45, 2.75) is 38.5 Å². The van der Waals surface area contributed by atoms with E-state index in [2.05, 4.69) is 5.10 Å². The van der Waals surface area contributed by atoms with E-state index in [1.807, 2.05) is 6.92 Å². The van der Waals surface area contributed by atoms with Gasteiger partial charge in [-0.3, -0.25) is 4.79 Å². The summed E-state index contributed by atoms with van der Waals surface area (Å²) in [5.41, 5.74) is -4.19. The zero-order valence-electron chi connectivity index (χ0n) is 15.7. The van der Waals surface area contributed by atoms with Crippen LogP contribution in [0, 0.1) is 0 Å². The van der Waals surface area contributed by atoms with Gasteiger partial charge >= 0.3 is 5.91 Å². The molecule has 0 spiro atoms. The first kappa shape index (κ1) is 21.6. The van der Waals surface area contributed by atoms with E-state index >= 15 is 0 Å². The SMILES string of the molecule is CCOc1ccc(OCc2ccc(C(=O)N3N=C(C(F)F)CC3(O)C(F)F)o2)cc1. The minimum Gasteiger partial charge on any atom is -0.494 e. The maximum atomic E-state index is 13.3. The Morgan fingerprint density at radius 1 is 1.17 bits per heavy atom. The minimum atomic E-state index is -3.51. The second-order valence-corrected chi connectivity index (χ2v) is 6.32. The van der Waals surface area contributed by atoms with Gasteiger partial charge in [0.2, 0.25) is 5.72 Å². The van der Waals surface area contributed by atoms with E-state index in [0.717, 1.165) is 6.07 Å². The van der Waals surface area contributed by atoms with E-state index in [4.69, 9.17) is 13.9 Å². The largest absolute Gasteiger partial charge is 0.494 e. The lowest BCUT2D eigenvalue weighted by Gasteiger charge is -2.29. The molecule has 1 amide bonds. The first-order chi connectivity index (χ1) is 14.2. The van der Waals surface area contributed by atoms with Crippen LogP contribution in [0.3, 0.4) is 0 Å². The van der Waals surface area contributed by atoms with Crippen LogP contribution < -0.4 is 9.47 Å². The zero-order chi connectivity index (χ0) is 21.9. The van der Waals surface area contributed by atoms with Crippen LogP contribution in [-0.2, 0) is 6.61 Å². The molecule has 1 aliphatic heterocycles. The van der Waals surface area contributed by atoms with E-state index < -0.39 is 42.4 Å². The number of furan rings is 1. The van der Waals surface area contributed by atoms with E-state index in [9.17, 15) is 27.5 Å². The van der Waals surface area contributed by atoms with Gasteiger partial charge in [0.25, 0.3) is 12.9 Å². The fraction of sp³-hybridized carbons (Fsp3) is 0.368. The van der Waals surface area contributed by atoms with E-state index in [1.54, 1.807) is 24.3 Å². The first-order valence-corrected chi connectivity index (χ1v) is 8.89. The molecule has 2 heterocycles. The summed E-state index contributed by atoms with van der Waals surface area (Å²) < 4.78 is 68.3. The number of amides is 1. The average Bonchev–Trinajstić information content (AvgIpc) is 3.33. The van der Waals surface area contributed by atoms with Gasteiger partial charge in [-0.05, 0) is 43.3 Å². The molecular weight excluding hydrogens is 412 g/mol. The van der Waals surface area contributed by atoms with Crippen molar-refractivity contribution in [1.82, 2.24) is 5.01 Å². The number of hydrogen-bond acceptors (Lipinski definition) is 6. The van der Waals surface area contributed by atoms with Crippen LogP contribution >= 0.6 is 0 Å². The molecule has 1 aromatic carbocycles. The predicted molar refractivity (Wildman–Crippen MR) is 95.8 cm³/mol. The van der Waals surface area contributed by atoms with Gasteiger partial charge in [-0.2, -0.15) is 10.1 Å². The van der Waals surface area contributed by atoms with Crippen molar-refractivity contribution in [2.24, 2.45) is 5.10 Å². The molecule has 1 unspecified atom stereocenters. The summed E-state index contributed by atoms with van der Waals surface area (Å²) in [7, 11) is 0. The highest BCUT2D eigenvalue weighted by Crippen LogP contribution is 2.34. The molecule has 0 saturated carbocycles. The highest BCUT2D eigenvalue weighted by atomic mass is 19.3. The van der Waals surface area contributed by atoms with Crippen molar-refractivity contribution < 1.29 is 41.4 Å². The van der Waals surface area contributed by atoms with Crippen LogP contribution in [0.4, 0.5) is 17.6 Å². The third-order valence-electron chi connectivity index (χ3n) is 4.22. The average molecular weight is 430 g/mol. The van der Waals surface area contributed by atoms with Crippen LogP contribution in [-0.4, -0.2) is 46.9 Å². The van der Waals surface area contributed by atoms with Gasteiger partial charge in [0.05, 0.1) is 6.61 Å². The molecule has 11 heteroatoms. The van der Waals surface area contributed by atoms with Crippen LogP contribution in [0.25, 0.3) is 0 Å². The topological polar surface area (TPSA) is 84.5 Å². The van der Waals surface area contributed by atoms with Crippen LogP contribution in [0.2, 0.25) is 0 Å². The summed E-state index contributed by atoms with van der Waals surface area (Å²) in [6.45, 7) is 2.28. The van der Waals surface area contributed by atoms with Crippen molar-refractivity contribution in [1.29, 1.82) is 0 Å². The Hall–Kier alpha value is -3.08. The summed E-state index contributed by atoms with van der Waals surface area (Å²) in [5, 5.41) is 13.2. The van der Waals surface area contributed by atoms with Crippen molar-refractivity contribution in [3.05, 3.63) is 47.9 Å². The molecule has 7 nitrogen and oxygen atoms in total. The Kier molecular flexibility index (Phi) is 6.30. The van der Waals surface area contributed by atoms with Gasteiger partial charge in [-0.15, -0.1) is 0 Å². The highest BCUT2D eigenvalue weighted by molar-refractivity contribution is 5.97. The number of ether oxygens (including phenoxy) is 2. The molecule has 0 bridgehead atoms. The number of nitrogens with zero attached hydrogens (tertiary/aromatic N) is 2. The second-order valence-electron chi connectivity index (χ2n) is 6.32. The maximum absolute atomic E-state index is 13.3. The molecule has 1 N–H and O–H groups in total. The molecule has 0 fully saturated rings. The van der Waals surface area contributed by atoms with Crippen LogP contribution in [0.5, 0.6) is 11.5 Å². The standard InChI is InChI=1S/C19H18F4N2O5/c1-2-28-11-3-5-12(6-4-11)29-10-13-7-8-15(30-13)17(26)25-19(27,18(22)23)9-14(24-25)16(20)21/h3-8,16,18,27H,2,9-10H2,1H3. The number of rotatable bonds is 8. The van der Waals surface area contributed by atoms with Gasteiger partial charge in [-0.1, -0.05) is 0 Å². The van der Waals surface area contributed by atoms with Gasteiger partial charge < -0.3 is 19.0 Å². The molecule has 1 aliphatic rings. The van der Waals surface area contributed by atoms with Gasteiger partial charge in [0.1, 0.15) is 29.6 Å². The summed E-state index contributed by atoms with van der Waals surface area (Å²) in [6, 6.07) is 9.24. The number of aliphatic hydroxyl groups is 1. The number of carbonyl (C=O) groups excluding carboxylic acids is 1. The third-order valence-corrected chi connectivity index (χ3v) is 4.22. The fourth-order valence-corrected chi connectivity index (χ4v) is 2.73. The second kappa shape index (κ2) is 8.74. The number of hydrazone groups is 1. The van der Waals surface area contributed by atoms with Gasteiger partial charge in [0, 0.05) is 6.42 Å². The summed E-state index contributed by atoms with van der Waals surface area (Å²) in [5.74, 6) is -0.415. The Labute approximate surface area is 168 Å². The predicted octanol–water partition coefficient (Wildman–Crippen LogP) is 3.68. The molecule has 1 aromatic heterocycles. The van der Waals surface area contributed by atoms with Crippen molar-refractivity contribution in [3.8, 4) is 11.5 Å². The lowest BCUT2D eigenvalue weighted by molar-refractivity contribution is -0.164. The normalized spacial score (nSPS) is 18.8. The first-order valence-electron chi connectivity index (χ1n) is 8.89. The number of halogens is 4. The molecule has 0 radical (unpaired) electrons. The Morgan fingerprint density at radius 3 is 2.37 bits per heavy atom. The fourth-order valence-electron chi connectivity index (χ4n) is 2.73. The lowest BCUT2D eigenvalue weighted by atomic mass is 10.1. The molecule has 162 valence electrons. The highest BCUT2D eigenvalue weighted by Gasteiger charge is 2.53. The number of hydrogen-bond donors (Lipinski definition) is 1. The summed E-state index contributed by atoms with van der Waals surface area (Å²) in [6.07, 6.45) is -7.87. The van der Waals surface area contributed by atoms with E-state index in [0.29, 0.717) is 18.1 Å². The molecule has 1 atom stereocenters. The Morgan fingerprint density at radius 2 is 1.80 bits per heavy atom. The molecular formula is C19H18F4N2O5. The third kappa shape index (κ3) is 4.40. The molecule has 30 heavy (non-hydrogen) atoms. The number of alkyl halides is 4. The van der Waals surface area contributed by atoms with E-state index in [-0.39, 0.29) is 17.4 Å². The van der Waals surface area contributed by atoms with Crippen LogP contribution in [0.1, 0.15) is 29.7 Å². The van der Waals surface area contributed by atoms with Crippen molar-refractivity contribution in [3.63, 3.8) is 0 Å². The van der Waals surface area contributed by atoms with Crippen LogP contribution in [0.15, 0.2) is 45.9 Å². The smallest absolute Gasteiger partial charge is 0.312 e. The van der Waals surface area contributed by atoms with Crippen molar-refractivity contribution in [2.75, 3.05) is 6.61 Å².